The van der Waals surface area contributed by atoms with E-state index in [1.165, 1.54) is 0 Å². The van der Waals surface area contributed by atoms with Crippen molar-refractivity contribution in [2.45, 2.75) is 26.3 Å². The molecule has 0 bridgehead atoms. The van der Waals surface area contributed by atoms with E-state index in [-0.39, 0.29) is 11.6 Å². The number of nitrogens with zero attached hydrogens (tertiary/aromatic N) is 2. The summed E-state index contributed by atoms with van der Waals surface area (Å²) >= 11 is 0. The van der Waals surface area contributed by atoms with Gasteiger partial charge in [-0.3, -0.25) is 0 Å². The number of hydrogen-bond donors (Lipinski definition) is 2. The molecule has 1 atom stereocenters. The Labute approximate surface area is 113 Å². The number of rotatable bonds is 7. The molecule has 1 unspecified atom stereocenters. The highest BCUT2D eigenvalue weighted by molar-refractivity contribution is 5.47. The molecule has 0 saturated carbocycles. The van der Waals surface area contributed by atoms with E-state index in [4.69, 9.17) is 0 Å². The Morgan fingerprint density at radius 1 is 1.32 bits per heavy atom. The number of anilines is 2. The van der Waals surface area contributed by atoms with Crippen molar-refractivity contribution in [3.8, 4) is 0 Å². The first-order valence-corrected chi connectivity index (χ1v) is 6.47. The summed E-state index contributed by atoms with van der Waals surface area (Å²) in [5.74, 6) is -1.26. The zero-order valence-electron chi connectivity index (χ0n) is 11.9. The fourth-order valence-electron chi connectivity index (χ4n) is 1.65. The van der Waals surface area contributed by atoms with Crippen molar-refractivity contribution < 1.29 is 8.78 Å². The van der Waals surface area contributed by atoms with Crippen LogP contribution >= 0.6 is 0 Å². The second-order valence-corrected chi connectivity index (χ2v) is 4.56. The summed E-state index contributed by atoms with van der Waals surface area (Å²) in [5.41, 5.74) is 0. The number of hydrogen-bond acceptors (Lipinski definition) is 4. The third kappa shape index (κ3) is 4.31. The minimum Gasteiger partial charge on any atom is -0.371 e. The predicted octanol–water partition coefficient (Wildman–Crippen LogP) is 2.54. The lowest BCUT2D eigenvalue weighted by atomic mass is 10.2. The van der Waals surface area contributed by atoms with E-state index >= 15 is 0 Å². The zero-order valence-corrected chi connectivity index (χ0v) is 11.9. The van der Waals surface area contributed by atoms with Gasteiger partial charge >= 0.3 is 0 Å². The average molecular weight is 272 g/mol. The Kier molecular flexibility index (Phi) is 5.95. The minimum absolute atomic E-state index is 0.0409. The summed E-state index contributed by atoms with van der Waals surface area (Å²) in [7, 11) is 3.56. The minimum atomic E-state index is -0.692. The van der Waals surface area contributed by atoms with Crippen molar-refractivity contribution in [1.29, 1.82) is 0 Å². The third-order valence-electron chi connectivity index (χ3n) is 3.27. The van der Waals surface area contributed by atoms with Crippen molar-refractivity contribution >= 4 is 11.6 Å². The maximum atomic E-state index is 13.5. The van der Waals surface area contributed by atoms with Crippen molar-refractivity contribution in [2.75, 3.05) is 37.8 Å². The summed E-state index contributed by atoms with van der Waals surface area (Å²) in [6, 6.07) is 1.31. The van der Waals surface area contributed by atoms with Crippen LogP contribution in [0.25, 0.3) is 0 Å². The number of likely N-dealkylation sites (N-methyl/N-ethyl adjacent to an activating group) is 1. The van der Waals surface area contributed by atoms with E-state index in [1.807, 2.05) is 7.05 Å². The van der Waals surface area contributed by atoms with Crippen LogP contribution in [0.2, 0.25) is 0 Å². The highest BCUT2D eigenvalue weighted by Gasteiger charge is 2.11. The molecule has 0 amide bonds. The fourth-order valence-corrected chi connectivity index (χ4v) is 1.65. The Balaban J connectivity index is 2.58. The molecule has 1 aromatic rings. The van der Waals surface area contributed by atoms with Gasteiger partial charge in [0, 0.05) is 32.2 Å². The molecule has 0 fully saturated rings. The summed E-state index contributed by atoms with van der Waals surface area (Å²) in [5, 5.41) is 5.48. The van der Waals surface area contributed by atoms with Crippen molar-refractivity contribution in [2.24, 2.45) is 0 Å². The third-order valence-corrected chi connectivity index (χ3v) is 3.27. The maximum absolute atomic E-state index is 13.5. The van der Waals surface area contributed by atoms with Crippen molar-refractivity contribution in [3.63, 3.8) is 0 Å². The van der Waals surface area contributed by atoms with Crippen LogP contribution in [0.15, 0.2) is 6.07 Å². The SMILES string of the molecule is CCC(C)N(C)CCNc1nc(NC)c(F)cc1F. The van der Waals surface area contributed by atoms with Gasteiger partial charge in [0.25, 0.3) is 0 Å². The quantitative estimate of drug-likeness (QED) is 0.800. The highest BCUT2D eigenvalue weighted by Crippen LogP contribution is 2.18. The molecule has 1 rings (SSSR count). The Morgan fingerprint density at radius 2 is 1.95 bits per heavy atom. The number of aromatic nitrogens is 1. The molecule has 4 nitrogen and oxygen atoms in total. The van der Waals surface area contributed by atoms with E-state index in [0.717, 1.165) is 19.0 Å². The maximum Gasteiger partial charge on any atom is 0.168 e. The molecular formula is C13H22F2N4. The molecule has 108 valence electrons. The lowest BCUT2D eigenvalue weighted by Crippen LogP contribution is -2.32. The molecule has 0 aliphatic carbocycles. The van der Waals surface area contributed by atoms with Crippen LogP contribution < -0.4 is 10.6 Å². The number of halogens is 2. The highest BCUT2D eigenvalue weighted by atomic mass is 19.1. The van der Waals surface area contributed by atoms with E-state index in [9.17, 15) is 8.78 Å². The molecule has 1 aromatic heterocycles. The van der Waals surface area contributed by atoms with Crippen LogP contribution in [0.5, 0.6) is 0 Å². The topological polar surface area (TPSA) is 40.2 Å². The molecule has 0 radical (unpaired) electrons. The van der Waals surface area contributed by atoms with Crippen LogP contribution in [-0.4, -0.2) is 43.1 Å². The molecule has 0 aliphatic heterocycles. The summed E-state index contributed by atoms with van der Waals surface area (Å²) in [6.45, 7) is 5.58. The summed E-state index contributed by atoms with van der Waals surface area (Å²) in [4.78, 5) is 6.04. The Bertz CT molecular complexity index is 412. The van der Waals surface area contributed by atoms with Gasteiger partial charge in [0.1, 0.15) is 0 Å². The molecule has 1 heterocycles. The van der Waals surface area contributed by atoms with Gasteiger partial charge in [0.15, 0.2) is 23.3 Å². The fraction of sp³-hybridized carbons (Fsp3) is 0.615. The second-order valence-electron chi connectivity index (χ2n) is 4.56. The summed E-state index contributed by atoms with van der Waals surface area (Å²) in [6.07, 6.45) is 1.06. The first-order chi connectivity index (χ1) is 8.99. The second kappa shape index (κ2) is 7.23. The largest absolute Gasteiger partial charge is 0.371 e. The molecule has 0 aliphatic rings. The standard InChI is InChI=1S/C13H22F2N4/c1-5-9(2)19(4)7-6-17-13-11(15)8-10(14)12(16-3)18-13/h8-9H,5-7H2,1-4H3,(H2,16,17,18). The van der Waals surface area contributed by atoms with Gasteiger partial charge < -0.3 is 15.5 Å². The Morgan fingerprint density at radius 3 is 2.53 bits per heavy atom. The average Bonchev–Trinajstić information content (AvgIpc) is 2.40. The lowest BCUT2D eigenvalue weighted by molar-refractivity contribution is 0.261. The van der Waals surface area contributed by atoms with Gasteiger partial charge in [-0.25, -0.2) is 13.8 Å². The van der Waals surface area contributed by atoms with Gasteiger partial charge in [0.05, 0.1) is 0 Å². The van der Waals surface area contributed by atoms with Crippen LogP contribution in [0.3, 0.4) is 0 Å². The predicted molar refractivity (Wildman–Crippen MR) is 74.6 cm³/mol. The summed E-state index contributed by atoms with van der Waals surface area (Å²) < 4.78 is 26.7. The van der Waals surface area contributed by atoms with Crippen molar-refractivity contribution in [3.05, 3.63) is 17.7 Å². The molecule has 19 heavy (non-hydrogen) atoms. The van der Waals surface area contributed by atoms with Gasteiger partial charge in [-0.15, -0.1) is 0 Å². The van der Waals surface area contributed by atoms with Gasteiger partial charge in [-0.1, -0.05) is 6.92 Å². The molecule has 6 heteroatoms. The normalized spacial score (nSPS) is 12.6. The Hall–Kier alpha value is -1.43. The van der Waals surface area contributed by atoms with E-state index in [2.05, 4.69) is 34.4 Å². The number of pyridine rings is 1. The van der Waals surface area contributed by atoms with Gasteiger partial charge in [0.2, 0.25) is 0 Å². The molecular weight excluding hydrogens is 250 g/mol. The first kappa shape index (κ1) is 15.6. The number of nitrogens with one attached hydrogen (secondary N) is 2. The van der Waals surface area contributed by atoms with Gasteiger partial charge in [-0.2, -0.15) is 0 Å². The van der Waals surface area contributed by atoms with E-state index < -0.39 is 11.6 Å². The molecule has 2 N–H and O–H groups in total. The molecule has 0 saturated heterocycles. The van der Waals surface area contributed by atoms with Crippen LogP contribution in [0, 0.1) is 11.6 Å². The lowest BCUT2D eigenvalue weighted by Gasteiger charge is -2.23. The smallest absolute Gasteiger partial charge is 0.168 e. The van der Waals surface area contributed by atoms with Crippen LogP contribution in [0.1, 0.15) is 20.3 Å². The van der Waals surface area contributed by atoms with E-state index in [0.29, 0.717) is 12.6 Å². The zero-order chi connectivity index (χ0) is 14.4. The van der Waals surface area contributed by atoms with Gasteiger partial charge in [-0.05, 0) is 20.4 Å². The first-order valence-electron chi connectivity index (χ1n) is 6.47. The van der Waals surface area contributed by atoms with Crippen LogP contribution in [0.4, 0.5) is 20.4 Å². The molecule has 0 spiro atoms. The monoisotopic (exact) mass is 272 g/mol. The van der Waals surface area contributed by atoms with E-state index in [1.54, 1.807) is 7.05 Å². The van der Waals surface area contributed by atoms with Crippen molar-refractivity contribution in [1.82, 2.24) is 9.88 Å². The molecule has 0 aromatic carbocycles. The van der Waals surface area contributed by atoms with Crippen LogP contribution in [-0.2, 0) is 0 Å².